The number of benzene rings is 1. The highest BCUT2D eigenvalue weighted by Gasteiger charge is 2.05. The molecule has 0 heterocycles. The molecule has 0 aliphatic carbocycles. The quantitative estimate of drug-likeness (QED) is 0.768. The van der Waals surface area contributed by atoms with Crippen LogP contribution >= 0.6 is 24.2 Å². The molecular weight excluding hydrogens is 222 g/mol. The molecule has 0 atom stereocenters. The fourth-order valence-corrected chi connectivity index (χ4v) is 1.25. The van der Waals surface area contributed by atoms with Crippen molar-refractivity contribution in [1.29, 1.82) is 0 Å². The molecule has 0 unspecified atom stereocenters. The maximum atomic E-state index is 11.1. The number of carbonyl (C=O) groups is 1. The van der Waals surface area contributed by atoms with Crippen LogP contribution in [-0.4, -0.2) is 12.7 Å². The molecule has 0 aromatic heterocycles. The summed E-state index contributed by atoms with van der Waals surface area (Å²) < 4.78 is 4.71. The molecule has 1 N–H and O–H groups in total. The first-order valence-electron chi connectivity index (χ1n) is 4.05. The number of halogens is 1. The Morgan fingerprint density at radius 3 is 3.00 bits per heavy atom. The van der Waals surface area contributed by atoms with Crippen molar-refractivity contribution < 1.29 is 9.53 Å². The van der Waals surface area contributed by atoms with Gasteiger partial charge in [0.05, 0.1) is 12.3 Å². The number of thiol groups is 1. The zero-order valence-electron chi connectivity index (χ0n) is 7.58. The second kappa shape index (κ2) is 5.12. The Bertz CT molecular complexity index is 344. The lowest BCUT2D eigenvalue weighted by molar-refractivity contribution is 0.168. The molecular formula is C9H10ClNO2S. The van der Waals surface area contributed by atoms with Crippen molar-refractivity contribution in [3.05, 3.63) is 23.2 Å². The summed E-state index contributed by atoms with van der Waals surface area (Å²) >= 11 is 9.91. The summed E-state index contributed by atoms with van der Waals surface area (Å²) in [4.78, 5) is 11.7. The van der Waals surface area contributed by atoms with Gasteiger partial charge in [-0.3, -0.25) is 5.32 Å². The van der Waals surface area contributed by atoms with Gasteiger partial charge in [-0.2, -0.15) is 0 Å². The van der Waals surface area contributed by atoms with E-state index >= 15 is 0 Å². The van der Waals surface area contributed by atoms with Crippen molar-refractivity contribution in [2.75, 3.05) is 11.9 Å². The van der Waals surface area contributed by atoms with E-state index in [0.717, 1.165) is 0 Å². The average Bonchev–Trinajstić information content (AvgIpc) is 2.12. The van der Waals surface area contributed by atoms with E-state index in [9.17, 15) is 4.79 Å². The van der Waals surface area contributed by atoms with Gasteiger partial charge in [0.2, 0.25) is 0 Å². The molecule has 1 aromatic rings. The third-order valence-corrected chi connectivity index (χ3v) is 2.10. The van der Waals surface area contributed by atoms with Crippen LogP contribution in [0.5, 0.6) is 0 Å². The fraction of sp³-hybridized carbons (Fsp3) is 0.222. The van der Waals surface area contributed by atoms with Crippen LogP contribution in [0.4, 0.5) is 10.5 Å². The lowest BCUT2D eigenvalue weighted by atomic mass is 10.3. The van der Waals surface area contributed by atoms with Crippen LogP contribution in [0.3, 0.4) is 0 Å². The van der Waals surface area contributed by atoms with Crippen molar-refractivity contribution in [2.24, 2.45) is 0 Å². The molecule has 0 spiro atoms. The molecule has 3 nitrogen and oxygen atoms in total. The van der Waals surface area contributed by atoms with Crippen LogP contribution < -0.4 is 5.32 Å². The van der Waals surface area contributed by atoms with Gasteiger partial charge < -0.3 is 4.74 Å². The lowest BCUT2D eigenvalue weighted by Crippen LogP contribution is -2.13. The summed E-state index contributed by atoms with van der Waals surface area (Å²) in [6.45, 7) is 2.06. The summed E-state index contributed by atoms with van der Waals surface area (Å²) in [7, 11) is 0. The van der Waals surface area contributed by atoms with Gasteiger partial charge >= 0.3 is 6.09 Å². The zero-order valence-corrected chi connectivity index (χ0v) is 9.23. The van der Waals surface area contributed by atoms with Gasteiger partial charge in [0.1, 0.15) is 0 Å². The van der Waals surface area contributed by atoms with Crippen LogP contribution in [0, 0.1) is 0 Å². The number of rotatable bonds is 2. The highest BCUT2D eigenvalue weighted by molar-refractivity contribution is 7.80. The van der Waals surface area contributed by atoms with Crippen molar-refractivity contribution in [1.82, 2.24) is 0 Å². The zero-order chi connectivity index (χ0) is 10.6. The molecule has 0 aliphatic rings. The smallest absolute Gasteiger partial charge is 0.411 e. The first-order valence-corrected chi connectivity index (χ1v) is 4.88. The summed E-state index contributed by atoms with van der Waals surface area (Å²) in [5.74, 6) is 0. The molecule has 14 heavy (non-hydrogen) atoms. The molecule has 0 fully saturated rings. The topological polar surface area (TPSA) is 38.3 Å². The third kappa shape index (κ3) is 3.12. The minimum atomic E-state index is -0.509. The standard InChI is InChI=1S/C9H10ClNO2S/c1-2-13-9(12)11-7-5-6(10)3-4-8(7)14/h3-5,14H,2H2,1H3,(H,11,12). The van der Waals surface area contributed by atoms with Crippen molar-refractivity contribution >= 4 is 36.0 Å². The van der Waals surface area contributed by atoms with Crippen molar-refractivity contribution in [3.8, 4) is 0 Å². The van der Waals surface area contributed by atoms with Gasteiger partial charge in [0.15, 0.2) is 0 Å². The fourth-order valence-electron chi connectivity index (χ4n) is 0.886. The molecule has 5 heteroatoms. The SMILES string of the molecule is CCOC(=O)Nc1cc(Cl)ccc1S. The normalized spacial score (nSPS) is 9.64. The Balaban J connectivity index is 2.75. The first kappa shape index (κ1) is 11.2. The van der Waals surface area contributed by atoms with Crippen LogP contribution in [0.25, 0.3) is 0 Å². The molecule has 0 bridgehead atoms. The van der Waals surface area contributed by atoms with E-state index < -0.39 is 6.09 Å². The Morgan fingerprint density at radius 1 is 1.64 bits per heavy atom. The molecule has 0 radical (unpaired) electrons. The Hall–Kier alpha value is -0.870. The second-order valence-corrected chi connectivity index (χ2v) is 3.43. The summed E-state index contributed by atoms with van der Waals surface area (Å²) in [6.07, 6.45) is -0.509. The highest BCUT2D eigenvalue weighted by atomic mass is 35.5. The number of nitrogens with one attached hydrogen (secondary N) is 1. The average molecular weight is 232 g/mol. The van der Waals surface area contributed by atoms with E-state index in [4.69, 9.17) is 16.3 Å². The number of ether oxygens (including phenoxy) is 1. The number of anilines is 1. The van der Waals surface area contributed by atoms with E-state index in [1.807, 2.05) is 0 Å². The molecule has 1 aromatic carbocycles. The largest absolute Gasteiger partial charge is 0.450 e. The number of amides is 1. The van der Waals surface area contributed by atoms with Gasteiger partial charge in [-0.25, -0.2) is 4.79 Å². The van der Waals surface area contributed by atoms with Gasteiger partial charge in [0.25, 0.3) is 0 Å². The van der Waals surface area contributed by atoms with Crippen LogP contribution in [-0.2, 0) is 4.74 Å². The van der Waals surface area contributed by atoms with Crippen molar-refractivity contribution in [3.63, 3.8) is 0 Å². The summed E-state index contributed by atoms with van der Waals surface area (Å²) in [6, 6.07) is 5.01. The van der Waals surface area contributed by atoms with Crippen LogP contribution in [0.2, 0.25) is 5.02 Å². The van der Waals surface area contributed by atoms with Gasteiger partial charge in [-0.05, 0) is 25.1 Å². The Kier molecular flexibility index (Phi) is 4.10. The second-order valence-electron chi connectivity index (χ2n) is 2.51. The molecule has 0 aliphatic heterocycles. The van der Waals surface area contributed by atoms with Gasteiger partial charge in [0, 0.05) is 9.92 Å². The number of hydrogen-bond donors (Lipinski definition) is 2. The van der Waals surface area contributed by atoms with E-state index in [1.54, 1.807) is 25.1 Å². The van der Waals surface area contributed by atoms with Gasteiger partial charge in [-0.1, -0.05) is 11.6 Å². The molecule has 0 saturated heterocycles. The Morgan fingerprint density at radius 2 is 2.36 bits per heavy atom. The highest BCUT2D eigenvalue weighted by Crippen LogP contribution is 2.23. The molecule has 1 amide bonds. The van der Waals surface area contributed by atoms with Crippen LogP contribution in [0.15, 0.2) is 23.1 Å². The first-order chi connectivity index (χ1) is 6.63. The molecule has 0 saturated carbocycles. The minimum Gasteiger partial charge on any atom is -0.450 e. The summed E-state index contributed by atoms with van der Waals surface area (Å²) in [5, 5.41) is 3.07. The third-order valence-electron chi connectivity index (χ3n) is 1.47. The Labute approximate surface area is 92.8 Å². The van der Waals surface area contributed by atoms with E-state index in [1.165, 1.54) is 0 Å². The minimum absolute atomic E-state index is 0.328. The molecule has 1 rings (SSSR count). The molecule has 76 valence electrons. The van der Waals surface area contributed by atoms with E-state index in [0.29, 0.717) is 22.2 Å². The predicted octanol–water partition coefficient (Wildman–Crippen LogP) is 3.20. The van der Waals surface area contributed by atoms with Gasteiger partial charge in [-0.15, -0.1) is 12.6 Å². The maximum Gasteiger partial charge on any atom is 0.411 e. The predicted molar refractivity (Wildman–Crippen MR) is 59.3 cm³/mol. The number of carbonyl (C=O) groups excluding carboxylic acids is 1. The summed E-state index contributed by atoms with van der Waals surface area (Å²) in [5.41, 5.74) is 0.541. The maximum absolute atomic E-state index is 11.1. The monoisotopic (exact) mass is 231 g/mol. The lowest BCUT2D eigenvalue weighted by Gasteiger charge is -2.07. The van der Waals surface area contributed by atoms with Crippen LogP contribution in [0.1, 0.15) is 6.92 Å². The van der Waals surface area contributed by atoms with E-state index in [-0.39, 0.29) is 0 Å². The van der Waals surface area contributed by atoms with E-state index in [2.05, 4.69) is 17.9 Å². The van der Waals surface area contributed by atoms with Crippen molar-refractivity contribution in [2.45, 2.75) is 11.8 Å². The number of hydrogen-bond acceptors (Lipinski definition) is 3.